The van der Waals surface area contributed by atoms with Crippen molar-refractivity contribution in [3.05, 3.63) is 50.7 Å². The highest BCUT2D eigenvalue weighted by molar-refractivity contribution is 7.14. The molecule has 2 amide bonds. The van der Waals surface area contributed by atoms with Crippen molar-refractivity contribution in [1.82, 2.24) is 4.90 Å². The first-order valence-corrected chi connectivity index (χ1v) is 10.1. The summed E-state index contributed by atoms with van der Waals surface area (Å²) in [5.41, 5.74) is 0.818. The Morgan fingerprint density at radius 3 is 2.52 bits per heavy atom. The fraction of sp³-hybridized carbons (Fsp3) is 0.350. The lowest BCUT2D eigenvalue weighted by Crippen LogP contribution is -2.28. The number of nitrogens with zero attached hydrogens (tertiary/aromatic N) is 1. The first kappa shape index (κ1) is 19.6. The zero-order valence-corrected chi connectivity index (χ0v) is 16.7. The Labute approximate surface area is 167 Å². The summed E-state index contributed by atoms with van der Waals surface area (Å²) >= 11 is 7.47. The molecule has 0 atom stereocenters. The molecule has 27 heavy (non-hydrogen) atoms. The fourth-order valence-corrected chi connectivity index (χ4v) is 4.05. The molecule has 1 aromatic carbocycles. The third-order valence-corrected chi connectivity index (χ3v) is 5.75. The van der Waals surface area contributed by atoms with Gasteiger partial charge in [0.25, 0.3) is 5.91 Å². The lowest BCUT2D eigenvalue weighted by Gasteiger charge is -2.18. The van der Waals surface area contributed by atoms with Crippen LogP contribution in [-0.2, 0) is 4.79 Å². The second-order valence-electron chi connectivity index (χ2n) is 6.57. The number of likely N-dealkylation sites (tertiary alicyclic amines) is 1. The molecule has 2 heterocycles. The van der Waals surface area contributed by atoms with Crippen LogP contribution in [0.25, 0.3) is 0 Å². The van der Waals surface area contributed by atoms with Crippen LogP contribution in [-0.4, -0.2) is 35.6 Å². The Morgan fingerprint density at radius 1 is 1.11 bits per heavy atom. The number of ketones is 1. The van der Waals surface area contributed by atoms with Gasteiger partial charge in [-0.15, -0.1) is 11.3 Å². The summed E-state index contributed by atoms with van der Waals surface area (Å²) in [6, 6.07) is 8.53. The van der Waals surface area contributed by atoms with Crippen LogP contribution in [0.3, 0.4) is 0 Å². The molecule has 0 aliphatic carbocycles. The Hall–Kier alpha value is -2.18. The van der Waals surface area contributed by atoms with Crippen LogP contribution in [0.4, 0.5) is 5.69 Å². The average molecular weight is 405 g/mol. The van der Waals surface area contributed by atoms with E-state index in [0.717, 1.165) is 30.8 Å². The maximum absolute atomic E-state index is 12.7. The van der Waals surface area contributed by atoms with Crippen LogP contribution in [0.15, 0.2) is 30.3 Å². The van der Waals surface area contributed by atoms with Crippen molar-refractivity contribution in [1.29, 1.82) is 0 Å². The molecular formula is C20H21ClN2O3S. The predicted octanol–water partition coefficient (Wildman–Crippen LogP) is 4.55. The summed E-state index contributed by atoms with van der Waals surface area (Å²) in [4.78, 5) is 40.7. The zero-order chi connectivity index (χ0) is 19.4. The number of carbonyl (C=O) groups is 3. The Bertz CT molecular complexity index is 872. The Kier molecular flexibility index (Phi) is 6.29. The van der Waals surface area contributed by atoms with E-state index in [4.69, 9.17) is 11.6 Å². The van der Waals surface area contributed by atoms with Crippen LogP contribution in [0.1, 0.15) is 50.6 Å². The summed E-state index contributed by atoms with van der Waals surface area (Å²) in [5, 5.41) is 3.19. The molecular weight excluding hydrogens is 384 g/mol. The fourth-order valence-electron chi connectivity index (χ4n) is 3.04. The van der Waals surface area contributed by atoms with Crippen molar-refractivity contribution in [3.8, 4) is 0 Å². The van der Waals surface area contributed by atoms with E-state index in [0.29, 0.717) is 21.2 Å². The topological polar surface area (TPSA) is 66.5 Å². The zero-order valence-electron chi connectivity index (χ0n) is 15.1. The third-order valence-electron chi connectivity index (χ3n) is 4.47. The van der Waals surface area contributed by atoms with Crippen LogP contribution in [0.5, 0.6) is 0 Å². The van der Waals surface area contributed by atoms with Crippen molar-refractivity contribution in [2.75, 3.05) is 18.4 Å². The highest BCUT2D eigenvalue weighted by Gasteiger charge is 2.23. The van der Waals surface area contributed by atoms with Gasteiger partial charge < -0.3 is 10.2 Å². The molecule has 1 N–H and O–H groups in total. The summed E-state index contributed by atoms with van der Waals surface area (Å²) < 4.78 is 0. The van der Waals surface area contributed by atoms with E-state index in [1.165, 1.54) is 11.3 Å². The molecule has 142 valence electrons. The molecule has 0 unspecified atom stereocenters. The van der Waals surface area contributed by atoms with Crippen LogP contribution < -0.4 is 5.32 Å². The van der Waals surface area contributed by atoms with Crippen LogP contribution in [0, 0.1) is 6.92 Å². The largest absolute Gasteiger partial charge is 0.339 e. The van der Waals surface area contributed by atoms with Gasteiger partial charge in [-0.2, -0.15) is 0 Å². The standard InChI is InChI=1S/C20H21ClN2O3S/c1-13-4-8-18(27-13)17(24)7-9-19(25)22-16-12-14(21)5-6-15(16)20(26)23-10-2-3-11-23/h4-6,8,12H,2-3,7,9-11H2,1H3,(H,22,25). The van der Waals surface area contributed by atoms with E-state index in [2.05, 4.69) is 5.32 Å². The number of carbonyl (C=O) groups excluding carboxylic acids is 3. The molecule has 7 heteroatoms. The third kappa shape index (κ3) is 4.96. The van der Waals surface area contributed by atoms with E-state index in [1.807, 2.05) is 13.0 Å². The molecule has 1 aromatic heterocycles. The normalized spacial score (nSPS) is 13.6. The first-order valence-electron chi connectivity index (χ1n) is 8.92. The molecule has 1 fully saturated rings. The lowest BCUT2D eigenvalue weighted by atomic mass is 10.1. The first-order chi connectivity index (χ1) is 12.9. The van der Waals surface area contributed by atoms with Gasteiger partial charge in [0.2, 0.25) is 5.91 Å². The highest BCUT2D eigenvalue weighted by Crippen LogP contribution is 2.25. The molecule has 1 saturated heterocycles. The number of benzene rings is 1. The summed E-state index contributed by atoms with van der Waals surface area (Å²) in [6.45, 7) is 3.39. The van der Waals surface area contributed by atoms with Gasteiger partial charge in [0.15, 0.2) is 5.78 Å². The van der Waals surface area contributed by atoms with Gasteiger partial charge in [-0.25, -0.2) is 0 Å². The Morgan fingerprint density at radius 2 is 1.85 bits per heavy atom. The molecule has 2 aromatic rings. The number of nitrogens with one attached hydrogen (secondary N) is 1. The molecule has 3 rings (SSSR count). The van der Waals surface area contributed by atoms with Gasteiger partial charge in [-0.1, -0.05) is 11.6 Å². The smallest absolute Gasteiger partial charge is 0.255 e. The summed E-state index contributed by atoms with van der Waals surface area (Å²) in [7, 11) is 0. The highest BCUT2D eigenvalue weighted by atomic mass is 35.5. The van der Waals surface area contributed by atoms with Crippen LogP contribution >= 0.6 is 22.9 Å². The number of hydrogen-bond acceptors (Lipinski definition) is 4. The number of anilines is 1. The number of aryl methyl sites for hydroxylation is 1. The molecule has 0 saturated carbocycles. The number of amides is 2. The molecule has 5 nitrogen and oxygen atoms in total. The van der Waals surface area contributed by atoms with Crippen molar-refractivity contribution >= 4 is 46.2 Å². The van der Waals surface area contributed by atoms with Crippen molar-refractivity contribution in [2.45, 2.75) is 32.6 Å². The second-order valence-corrected chi connectivity index (χ2v) is 8.30. The van der Waals surface area contributed by atoms with Crippen LogP contribution in [0.2, 0.25) is 5.02 Å². The predicted molar refractivity (Wildman–Crippen MR) is 108 cm³/mol. The molecule has 1 aliphatic heterocycles. The van der Waals surface area contributed by atoms with Gasteiger partial charge in [-0.3, -0.25) is 14.4 Å². The summed E-state index contributed by atoms with van der Waals surface area (Å²) in [5.74, 6) is -0.471. The van der Waals surface area contributed by atoms with E-state index in [1.54, 1.807) is 29.2 Å². The number of Topliss-reactive ketones (excluding diaryl/α,β-unsaturated/α-hetero) is 1. The Balaban J connectivity index is 1.65. The summed E-state index contributed by atoms with van der Waals surface area (Å²) in [6.07, 6.45) is 2.16. The van der Waals surface area contributed by atoms with E-state index >= 15 is 0 Å². The van der Waals surface area contributed by atoms with E-state index in [9.17, 15) is 14.4 Å². The van der Waals surface area contributed by atoms with Crippen molar-refractivity contribution in [3.63, 3.8) is 0 Å². The van der Waals surface area contributed by atoms with Gasteiger partial charge >= 0.3 is 0 Å². The maximum atomic E-state index is 12.7. The molecule has 1 aliphatic rings. The van der Waals surface area contributed by atoms with Crippen molar-refractivity contribution < 1.29 is 14.4 Å². The lowest BCUT2D eigenvalue weighted by molar-refractivity contribution is -0.116. The maximum Gasteiger partial charge on any atom is 0.255 e. The number of halogens is 1. The SMILES string of the molecule is Cc1ccc(C(=O)CCC(=O)Nc2cc(Cl)ccc2C(=O)N2CCCC2)s1. The number of hydrogen-bond donors (Lipinski definition) is 1. The minimum absolute atomic E-state index is 0.0530. The minimum atomic E-state index is -0.311. The van der Waals surface area contributed by atoms with E-state index < -0.39 is 0 Å². The second kappa shape index (κ2) is 8.67. The molecule has 0 bridgehead atoms. The monoisotopic (exact) mass is 404 g/mol. The minimum Gasteiger partial charge on any atom is -0.339 e. The van der Waals surface area contributed by atoms with Gasteiger partial charge in [0.05, 0.1) is 16.1 Å². The number of rotatable bonds is 6. The molecule has 0 radical (unpaired) electrons. The van der Waals surface area contributed by atoms with Gasteiger partial charge in [-0.05, 0) is 50.1 Å². The average Bonchev–Trinajstić information content (AvgIpc) is 3.31. The van der Waals surface area contributed by atoms with E-state index in [-0.39, 0.29) is 30.4 Å². The number of thiophene rings is 1. The van der Waals surface area contributed by atoms with Gasteiger partial charge in [0.1, 0.15) is 0 Å². The van der Waals surface area contributed by atoms with Gasteiger partial charge in [0, 0.05) is 35.8 Å². The molecule has 0 spiro atoms. The van der Waals surface area contributed by atoms with Crippen molar-refractivity contribution in [2.24, 2.45) is 0 Å². The quantitative estimate of drug-likeness (QED) is 0.718.